The standard InChI is InChI=1S/C19H21NO5/c1-4-24-19(22)14-7-5-6-8-16(14)25-12-18(21)20-15-11-13(2)9-10-17(15)23-3/h5-11H,4,12H2,1-3H3,(H,20,21). The molecule has 0 saturated carbocycles. The number of carbonyl (C=O) groups is 2. The maximum atomic E-state index is 12.2. The van der Waals surface area contributed by atoms with E-state index in [4.69, 9.17) is 14.2 Å². The first kappa shape index (κ1) is 18.3. The van der Waals surface area contributed by atoms with Gasteiger partial charge in [0.1, 0.15) is 17.1 Å². The van der Waals surface area contributed by atoms with Crippen molar-refractivity contribution in [3.05, 3.63) is 53.6 Å². The molecule has 0 aliphatic carbocycles. The molecule has 0 aromatic heterocycles. The van der Waals surface area contributed by atoms with Crippen molar-refractivity contribution in [3.8, 4) is 11.5 Å². The largest absolute Gasteiger partial charge is 0.495 e. The van der Waals surface area contributed by atoms with Crippen LogP contribution < -0.4 is 14.8 Å². The van der Waals surface area contributed by atoms with Gasteiger partial charge in [0.05, 0.1) is 19.4 Å². The summed E-state index contributed by atoms with van der Waals surface area (Å²) in [5.41, 5.74) is 1.84. The van der Waals surface area contributed by atoms with Crippen molar-refractivity contribution in [2.75, 3.05) is 25.6 Å². The minimum atomic E-state index is -0.487. The van der Waals surface area contributed by atoms with Gasteiger partial charge in [-0.1, -0.05) is 18.2 Å². The molecule has 132 valence electrons. The van der Waals surface area contributed by atoms with E-state index in [1.54, 1.807) is 37.3 Å². The van der Waals surface area contributed by atoms with Crippen LogP contribution in [0.1, 0.15) is 22.8 Å². The van der Waals surface area contributed by atoms with Gasteiger partial charge in [-0.05, 0) is 43.7 Å². The van der Waals surface area contributed by atoms with E-state index < -0.39 is 5.97 Å². The molecule has 0 heterocycles. The monoisotopic (exact) mass is 343 g/mol. The second-order valence-electron chi connectivity index (χ2n) is 5.26. The van der Waals surface area contributed by atoms with Gasteiger partial charge in [-0.25, -0.2) is 4.79 Å². The molecule has 0 saturated heterocycles. The van der Waals surface area contributed by atoms with E-state index in [1.165, 1.54) is 7.11 Å². The summed E-state index contributed by atoms with van der Waals surface area (Å²) in [4.78, 5) is 24.1. The van der Waals surface area contributed by atoms with E-state index in [0.717, 1.165) is 5.56 Å². The van der Waals surface area contributed by atoms with Gasteiger partial charge in [0.25, 0.3) is 5.91 Å². The van der Waals surface area contributed by atoms with Gasteiger partial charge in [-0.15, -0.1) is 0 Å². The summed E-state index contributed by atoms with van der Waals surface area (Å²) in [5.74, 6) is 0.0135. The SMILES string of the molecule is CCOC(=O)c1ccccc1OCC(=O)Nc1cc(C)ccc1OC. The highest BCUT2D eigenvalue weighted by atomic mass is 16.5. The Kier molecular flexibility index (Phi) is 6.39. The first-order chi connectivity index (χ1) is 12.0. The minimum absolute atomic E-state index is 0.243. The predicted molar refractivity (Wildman–Crippen MR) is 94.3 cm³/mol. The fourth-order valence-corrected chi connectivity index (χ4v) is 2.22. The Morgan fingerprint density at radius 1 is 1.08 bits per heavy atom. The van der Waals surface area contributed by atoms with Crippen molar-refractivity contribution in [2.45, 2.75) is 13.8 Å². The molecule has 1 amide bonds. The van der Waals surface area contributed by atoms with Gasteiger partial charge in [0.15, 0.2) is 6.61 Å². The fourth-order valence-electron chi connectivity index (χ4n) is 2.22. The topological polar surface area (TPSA) is 73.9 Å². The molecule has 6 nitrogen and oxygen atoms in total. The summed E-state index contributed by atoms with van der Waals surface area (Å²) in [6.45, 7) is 3.67. The van der Waals surface area contributed by atoms with E-state index >= 15 is 0 Å². The highest BCUT2D eigenvalue weighted by Crippen LogP contribution is 2.25. The Bertz CT molecular complexity index is 757. The molecule has 0 fully saturated rings. The second kappa shape index (κ2) is 8.73. The van der Waals surface area contributed by atoms with Crippen LogP contribution in [0.5, 0.6) is 11.5 Å². The molecule has 2 aromatic rings. The number of nitrogens with one attached hydrogen (secondary N) is 1. The second-order valence-corrected chi connectivity index (χ2v) is 5.26. The number of ether oxygens (including phenoxy) is 3. The van der Waals surface area contributed by atoms with E-state index in [2.05, 4.69) is 5.32 Å². The van der Waals surface area contributed by atoms with Crippen molar-refractivity contribution in [1.82, 2.24) is 0 Å². The Morgan fingerprint density at radius 2 is 1.84 bits per heavy atom. The number of benzene rings is 2. The van der Waals surface area contributed by atoms with Crippen LogP contribution in [0, 0.1) is 6.92 Å². The van der Waals surface area contributed by atoms with Crippen LogP contribution in [0.15, 0.2) is 42.5 Å². The molecule has 2 rings (SSSR count). The van der Waals surface area contributed by atoms with E-state index in [0.29, 0.717) is 17.2 Å². The van der Waals surface area contributed by atoms with Crippen LogP contribution in [-0.2, 0) is 9.53 Å². The van der Waals surface area contributed by atoms with Crippen molar-refractivity contribution >= 4 is 17.6 Å². The maximum Gasteiger partial charge on any atom is 0.341 e. The number of esters is 1. The highest BCUT2D eigenvalue weighted by molar-refractivity contribution is 5.94. The molecule has 0 bridgehead atoms. The lowest BCUT2D eigenvalue weighted by Gasteiger charge is -2.13. The van der Waals surface area contributed by atoms with Gasteiger partial charge >= 0.3 is 5.97 Å². The van der Waals surface area contributed by atoms with Gasteiger partial charge in [0.2, 0.25) is 0 Å². The molecule has 0 unspecified atom stereocenters. The summed E-state index contributed by atoms with van der Waals surface area (Å²) in [6, 6.07) is 12.1. The van der Waals surface area contributed by atoms with Crippen molar-refractivity contribution in [1.29, 1.82) is 0 Å². The number of carbonyl (C=O) groups excluding carboxylic acids is 2. The van der Waals surface area contributed by atoms with Crippen LogP contribution in [-0.4, -0.2) is 32.2 Å². The van der Waals surface area contributed by atoms with Crippen LogP contribution in [0.4, 0.5) is 5.69 Å². The maximum absolute atomic E-state index is 12.2. The average molecular weight is 343 g/mol. The van der Waals surface area contributed by atoms with Crippen molar-refractivity contribution in [3.63, 3.8) is 0 Å². The van der Waals surface area contributed by atoms with E-state index in [-0.39, 0.29) is 24.7 Å². The van der Waals surface area contributed by atoms with Crippen LogP contribution in [0.2, 0.25) is 0 Å². The smallest absolute Gasteiger partial charge is 0.341 e. The molecule has 0 aliphatic rings. The summed E-state index contributed by atoms with van der Waals surface area (Å²) >= 11 is 0. The van der Waals surface area contributed by atoms with Crippen LogP contribution >= 0.6 is 0 Å². The van der Waals surface area contributed by atoms with Crippen LogP contribution in [0.3, 0.4) is 0 Å². The van der Waals surface area contributed by atoms with Gasteiger partial charge in [0, 0.05) is 0 Å². The normalized spacial score (nSPS) is 10.0. The van der Waals surface area contributed by atoms with Crippen molar-refractivity contribution < 1.29 is 23.8 Å². The number of para-hydroxylation sites is 1. The third kappa shape index (κ3) is 4.97. The summed E-state index contributed by atoms with van der Waals surface area (Å²) < 4.78 is 15.7. The lowest BCUT2D eigenvalue weighted by molar-refractivity contribution is -0.118. The summed E-state index contributed by atoms with van der Waals surface area (Å²) in [5, 5.41) is 2.74. The quantitative estimate of drug-likeness (QED) is 0.782. The zero-order valence-electron chi connectivity index (χ0n) is 14.5. The fraction of sp³-hybridized carbons (Fsp3) is 0.263. The number of amides is 1. The third-order valence-corrected chi connectivity index (χ3v) is 3.37. The lowest BCUT2D eigenvalue weighted by atomic mass is 10.2. The van der Waals surface area contributed by atoms with Crippen molar-refractivity contribution in [2.24, 2.45) is 0 Å². The highest BCUT2D eigenvalue weighted by Gasteiger charge is 2.15. The Balaban J connectivity index is 2.04. The molecule has 0 radical (unpaired) electrons. The minimum Gasteiger partial charge on any atom is -0.495 e. The molecule has 0 aliphatic heterocycles. The Morgan fingerprint density at radius 3 is 2.56 bits per heavy atom. The number of rotatable bonds is 7. The Labute approximate surface area is 146 Å². The zero-order chi connectivity index (χ0) is 18.2. The van der Waals surface area contributed by atoms with E-state index in [1.807, 2.05) is 19.1 Å². The number of hydrogen-bond acceptors (Lipinski definition) is 5. The van der Waals surface area contributed by atoms with Crippen LogP contribution in [0.25, 0.3) is 0 Å². The zero-order valence-corrected chi connectivity index (χ0v) is 14.5. The third-order valence-electron chi connectivity index (χ3n) is 3.37. The Hall–Kier alpha value is -3.02. The van der Waals surface area contributed by atoms with Gasteiger partial charge in [-0.3, -0.25) is 4.79 Å². The first-order valence-electron chi connectivity index (χ1n) is 7.88. The number of hydrogen-bond donors (Lipinski definition) is 1. The molecular formula is C19H21NO5. The molecule has 6 heteroatoms. The molecular weight excluding hydrogens is 322 g/mol. The first-order valence-corrected chi connectivity index (χ1v) is 7.88. The average Bonchev–Trinajstić information content (AvgIpc) is 2.60. The number of methoxy groups -OCH3 is 1. The number of aryl methyl sites for hydroxylation is 1. The molecule has 25 heavy (non-hydrogen) atoms. The summed E-state index contributed by atoms with van der Waals surface area (Å²) in [7, 11) is 1.53. The molecule has 0 spiro atoms. The van der Waals surface area contributed by atoms with Gasteiger partial charge in [-0.2, -0.15) is 0 Å². The lowest BCUT2D eigenvalue weighted by Crippen LogP contribution is -2.21. The molecule has 1 N–H and O–H groups in total. The molecule has 2 aromatic carbocycles. The van der Waals surface area contributed by atoms with Gasteiger partial charge < -0.3 is 19.5 Å². The van der Waals surface area contributed by atoms with E-state index in [9.17, 15) is 9.59 Å². The number of anilines is 1. The summed E-state index contributed by atoms with van der Waals surface area (Å²) in [6.07, 6.45) is 0. The molecule has 0 atom stereocenters. The predicted octanol–water partition coefficient (Wildman–Crippen LogP) is 3.20.